The normalized spacial score (nSPS) is 24.1. The van der Waals surface area contributed by atoms with E-state index in [-0.39, 0.29) is 18.0 Å². The van der Waals surface area contributed by atoms with Gasteiger partial charge < -0.3 is 20.4 Å². The van der Waals surface area contributed by atoms with Gasteiger partial charge in [-0.3, -0.25) is 4.79 Å². The second-order valence-electron chi connectivity index (χ2n) is 5.50. The molecular weight excluding hydrogens is 256 g/mol. The summed E-state index contributed by atoms with van der Waals surface area (Å²) in [6, 6.07) is -0.0410. The molecule has 2 aliphatic heterocycles. The zero-order valence-corrected chi connectivity index (χ0v) is 12.4. The molecule has 0 aliphatic carbocycles. The topological polar surface area (TPSA) is 64.7 Å². The van der Waals surface area contributed by atoms with Gasteiger partial charge in [0, 0.05) is 32.7 Å². The molecule has 2 aliphatic rings. The second kappa shape index (κ2) is 7.47. The molecule has 6 nitrogen and oxygen atoms in total. The first-order valence-corrected chi connectivity index (χ1v) is 7.77. The number of nitrogens with one attached hydrogen (secondary N) is 2. The van der Waals surface area contributed by atoms with Crippen LogP contribution in [0.2, 0.25) is 0 Å². The highest BCUT2D eigenvalue weighted by Crippen LogP contribution is 2.12. The Morgan fingerprint density at radius 1 is 1.10 bits per heavy atom. The summed E-state index contributed by atoms with van der Waals surface area (Å²) in [6.45, 7) is 6.05. The molecule has 20 heavy (non-hydrogen) atoms. The highest BCUT2D eigenvalue weighted by Gasteiger charge is 2.28. The Kier molecular flexibility index (Phi) is 5.64. The molecular formula is C14H26N4O2. The van der Waals surface area contributed by atoms with E-state index in [2.05, 4.69) is 10.6 Å². The van der Waals surface area contributed by atoms with E-state index in [0.29, 0.717) is 32.7 Å². The molecule has 6 heteroatoms. The highest BCUT2D eigenvalue weighted by atomic mass is 16.2. The van der Waals surface area contributed by atoms with Crippen molar-refractivity contribution in [3.05, 3.63) is 0 Å². The number of urea groups is 1. The van der Waals surface area contributed by atoms with E-state index in [1.165, 1.54) is 6.42 Å². The first-order chi connectivity index (χ1) is 9.72. The number of hydrogen-bond donors (Lipinski definition) is 2. The molecule has 2 heterocycles. The van der Waals surface area contributed by atoms with Gasteiger partial charge in [-0.1, -0.05) is 12.8 Å². The second-order valence-corrected chi connectivity index (χ2v) is 5.50. The molecule has 2 fully saturated rings. The molecule has 0 spiro atoms. The maximum atomic E-state index is 12.5. The van der Waals surface area contributed by atoms with E-state index in [1.54, 1.807) is 4.90 Å². The summed E-state index contributed by atoms with van der Waals surface area (Å²) >= 11 is 0. The lowest BCUT2D eigenvalue weighted by atomic mass is 10.1. The monoisotopic (exact) mass is 282 g/mol. The number of piperazine rings is 1. The van der Waals surface area contributed by atoms with Crippen LogP contribution in [0.15, 0.2) is 0 Å². The summed E-state index contributed by atoms with van der Waals surface area (Å²) in [4.78, 5) is 27.9. The lowest BCUT2D eigenvalue weighted by Crippen LogP contribution is -2.56. The minimum atomic E-state index is -0.0211. The predicted octanol–water partition coefficient (Wildman–Crippen LogP) is 0.392. The third-order valence-electron chi connectivity index (χ3n) is 4.06. The zero-order valence-electron chi connectivity index (χ0n) is 12.4. The van der Waals surface area contributed by atoms with E-state index >= 15 is 0 Å². The van der Waals surface area contributed by atoms with Crippen molar-refractivity contribution in [2.45, 2.75) is 38.6 Å². The van der Waals surface area contributed by atoms with Crippen LogP contribution in [-0.4, -0.2) is 67.0 Å². The minimum absolute atomic E-state index is 0.0199. The van der Waals surface area contributed by atoms with Crippen LogP contribution in [0.5, 0.6) is 0 Å². The Bertz CT molecular complexity index is 332. The minimum Gasteiger partial charge on any atom is -0.338 e. The standard InChI is InChI=1S/C14H26N4O2/c1-2-15-14(20)18-10-8-17(9-11-18)13(19)12-6-4-3-5-7-16-12/h12,16H,2-11H2,1H3,(H,15,20). The lowest BCUT2D eigenvalue weighted by Gasteiger charge is -2.36. The number of nitrogens with zero attached hydrogens (tertiary/aromatic N) is 2. The Balaban J connectivity index is 1.80. The van der Waals surface area contributed by atoms with Gasteiger partial charge in [0.05, 0.1) is 6.04 Å². The van der Waals surface area contributed by atoms with Crippen LogP contribution in [0.4, 0.5) is 4.79 Å². The van der Waals surface area contributed by atoms with Crippen molar-refractivity contribution < 1.29 is 9.59 Å². The fraction of sp³-hybridized carbons (Fsp3) is 0.857. The summed E-state index contributed by atoms with van der Waals surface area (Å²) in [5.74, 6) is 0.211. The van der Waals surface area contributed by atoms with Crippen molar-refractivity contribution in [3.8, 4) is 0 Å². The Morgan fingerprint density at radius 2 is 1.80 bits per heavy atom. The summed E-state index contributed by atoms with van der Waals surface area (Å²) in [6.07, 6.45) is 4.44. The molecule has 0 bridgehead atoms. The molecule has 2 rings (SSSR count). The fourth-order valence-electron chi connectivity index (χ4n) is 2.85. The van der Waals surface area contributed by atoms with Gasteiger partial charge in [0.1, 0.15) is 0 Å². The average Bonchev–Trinajstić information content (AvgIpc) is 2.76. The average molecular weight is 282 g/mol. The van der Waals surface area contributed by atoms with E-state index in [9.17, 15) is 9.59 Å². The first kappa shape index (κ1) is 15.1. The first-order valence-electron chi connectivity index (χ1n) is 7.77. The fourth-order valence-corrected chi connectivity index (χ4v) is 2.85. The van der Waals surface area contributed by atoms with Gasteiger partial charge in [-0.15, -0.1) is 0 Å². The summed E-state index contributed by atoms with van der Waals surface area (Å²) in [5, 5.41) is 6.15. The summed E-state index contributed by atoms with van der Waals surface area (Å²) < 4.78 is 0. The third kappa shape index (κ3) is 3.85. The summed E-state index contributed by atoms with van der Waals surface area (Å²) in [7, 11) is 0. The van der Waals surface area contributed by atoms with E-state index in [4.69, 9.17) is 0 Å². The molecule has 114 valence electrons. The van der Waals surface area contributed by atoms with E-state index < -0.39 is 0 Å². The molecule has 0 aromatic rings. The maximum Gasteiger partial charge on any atom is 0.317 e. The Labute approximate surface area is 120 Å². The van der Waals surface area contributed by atoms with Gasteiger partial charge in [0.2, 0.25) is 5.91 Å². The van der Waals surface area contributed by atoms with Crippen LogP contribution in [-0.2, 0) is 4.79 Å². The van der Waals surface area contributed by atoms with Gasteiger partial charge in [0.15, 0.2) is 0 Å². The molecule has 2 saturated heterocycles. The SMILES string of the molecule is CCNC(=O)N1CCN(C(=O)C2CCCCCN2)CC1. The molecule has 0 aromatic carbocycles. The largest absolute Gasteiger partial charge is 0.338 e. The number of carbonyl (C=O) groups is 2. The number of rotatable bonds is 2. The maximum absolute atomic E-state index is 12.5. The molecule has 0 saturated carbocycles. The number of carbonyl (C=O) groups excluding carboxylic acids is 2. The third-order valence-corrected chi connectivity index (χ3v) is 4.06. The van der Waals surface area contributed by atoms with Gasteiger partial charge in [-0.05, 0) is 26.3 Å². The van der Waals surface area contributed by atoms with Crippen LogP contribution in [0.25, 0.3) is 0 Å². The highest BCUT2D eigenvalue weighted by molar-refractivity contribution is 5.82. The van der Waals surface area contributed by atoms with Crippen LogP contribution in [0, 0.1) is 0 Å². The summed E-state index contributed by atoms with van der Waals surface area (Å²) in [5.41, 5.74) is 0. The predicted molar refractivity (Wildman–Crippen MR) is 77.5 cm³/mol. The molecule has 0 radical (unpaired) electrons. The van der Waals surface area contributed by atoms with E-state index in [0.717, 1.165) is 25.8 Å². The number of amides is 3. The van der Waals surface area contributed by atoms with Crippen molar-refractivity contribution in [2.24, 2.45) is 0 Å². The van der Waals surface area contributed by atoms with Crippen molar-refractivity contribution >= 4 is 11.9 Å². The molecule has 0 aromatic heterocycles. The lowest BCUT2D eigenvalue weighted by molar-refractivity contribution is -0.135. The van der Waals surface area contributed by atoms with Gasteiger partial charge >= 0.3 is 6.03 Å². The van der Waals surface area contributed by atoms with Crippen molar-refractivity contribution in [1.29, 1.82) is 0 Å². The van der Waals surface area contributed by atoms with Gasteiger partial charge in [-0.25, -0.2) is 4.79 Å². The van der Waals surface area contributed by atoms with Crippen molar-refractivity contribution in [3.63, 3.8) is 0 Å². The quantitative estimate of drug-likeness (QED) is 0.770. The smallest absolute Gasteiger partial charge is 0.317 e. The molecule has 2 N–H and O–H groups in total. The van der Waals surface area contributed by atoms with Crippen LogP contribution in [0.3, 0.4) is 0 Å². The van der Waals surface area contributed by atoms with Crippen LogP contribution >= 0.6 is 0 Å². The van der Waals surface area contributed by atoms with Crippen molar-refractivity contribution in [1.82, 2.24) is 20.4 Å². The van der Waals surface area contributed by atoms with Gasteiger partial charge in [0.25, 0.3) is 0 Å². The number of hydrogen-bond acceptors (Lipinski definition) is 3. The van der Waals surface area contributed by atoms with Crippen LogP contribution in [0.1, 0.15) is 32.6 Å². The molecule has 1 unspecified atom stereocenters. The molecule has 1 atom stereocenters. The van der Waals surface area contributed by atoms with E-state index in [1.807, 2.05) is 11.8 Å². The Hall–Kier alpha value is -1.30. The van der Waals surface area contributed by atoms with Gasteiger partial charge in [-0.2, -0.15) is 0 Å². The van der Waals surface area contributed by atoms with Crippen molar-refractivity contribution in [2.75, 3.05) is 39.3 Å². The molecule has 3 amide bonds. The Morgan fingerprint density at radius 3 is 2.50 bits per heavy atom. The van der Waals surface area contributed by atoms with Crippen LogP contribution < -0.4 is 10.6 Å². The zero-order chi connectivity index (χ0) is 14.4.